The van der Waals surface area contributed by atoms with Gasteiger partial charge in [-0.25, -0.2) is 9.78 Å². The van der Waals surface area contributed by atoms with Gasteiger partial charge < -0.3 is 14.2 Å². The number of nitrogens with one attached hydrogen (secondary N) is 1. The number of ether oxygens (including phenoxy) is 1. The monoisotopic (exact) mass is 334 g/mol. The van der Waals surface area contributed by atoms with Crippen molar-refractivity contribution in [3.05, 3.63) is 22.7 Å². The second-order valence-electron chi connectivity index (χ2n) is 5.91. The number of nitrogens with zero attached hydrogens (tertiary/aromatic N) is 3. The van der Waals surface area contributed by atoms with Crippen molar-refractivity contribution in [2.45, 2.75) is 31.7 Å². The molecule has 0 spiro atoms. The van der Waals surface area contributed by atoms with E-state index in [4.69, 9.17) is 4.74 Å². The number of alkyl halides is 3. The van der Waals surface area contributed by atoms with E-state index in [9.17, 15) is 22.8 Å². The van der Waals surface area contributed by atoms with Gasteiger partial charge in [0.25, 0.3) is 5.56 Å². The van der Waals surface area contributed by atoms with Crippen LogP contribution in [0.3, 0.4) is 0 Å². The van der Waals surface area contributed by atoms with E-state index in [2.05, 4.69) is 10.3 Å². The van der Waals surface area contributed by atoms with Crippen LogP contribution in [0.2, 0.25) is 0 Å². The highest BCUT2D eigenvalue weighted by Crippen LogP contribution is 2.31. The smallest absolute Gasteiger partial charge is 0.359 e. The molecule has 7 nitrogen and oxygen atoms in total. The van der Waals surface area contributed by atoms with Crippen molar-refractivity contribution in [1.82, 2.24) is 14.5 Å². The van der Waals surface area contributed by atoms with Crippen molar-refractivity contribution < 1.29 is 22.7 Å². The minimum Gasteiger partial charge on any atom is -0.359 e. The van der Waals surface area contributed by atoms with Crippen molar-refractivity contribution in [2.24, 2.45) is 7.05 Å². The zero-order valence-corrected chi connectivity index (χ0v) is 12.8. The fraction of sp³-hybridized carbons (Fsp3) is 0.615. The summed E-state index contributed by atoms with van der Waals surface area (Å²) in [5.41, 5.74) is -1.72. The van der Waals surface area contributed by atoms with E-state index in [1.54, 1.807) is 0 Å². The maximum atomic E-state index is 12.9. The number of aryl methyl sites for hydroxylation is 1. The largest absolute Gasteiger partial charge is 0.416 e. The lowest BCUT2D eigenvalue weighted by Gasteiger charge is -2.42. The minimum absolute atomic E-state index is 0.0431. The Labute approximate surface area is 130 Å². The molecule has 2 heterocycles. The number of hydrogen-bond donors (Lipinski definition) is 1. The number of amides is 2. The van der Waals surface area contributed by atoms with Gasteiger partial charge in [0.05, 0.1) is 18.7 Å². The summed E-state index contributed by atoms with van der Waals surface area (Å²) in [6, 6.07) is -0.827. The SMILES string of the molecule is Cn1ccnc(NC(=O)N2CC(C(F)(F)F)OC(C)(C)C2)c1=O. The molecule has 23 heavy (non-hydrogen) atoms. The van der Waals surface area contributed by atoms with E-state index in [0.29, 0.717) is 0 Å². The summed E-state index contributed by atoms with van der Waals surface area (Å²) in [6.45, 7) is 2.24. The molecule has 1 aliphatic heterocycles. The molecular weight excluding hydrogens is 317 g/mol. The Hall–Kier alpha value is -2.10. The Balaban J connectivity index is 2.18. The molecule has 1 N–H and O–H groups in total. The van der Waals surface area contributed by atoms with Gasteiger partial charge in [-0.15, -0.1) is 0 Å². The predicted molar refractivity (Wildman–Crippen MR) is 75.1 cm³/mol. The Morgan fingerprint density at radius 2 is 2.13 bits per heavy atom. The van der Waals surface area contributed by atoms with Crippen LogP contribution in [0.1, 0.15) is 13.8 Å². The third-order valence-corrected chi connectivity index (χ3v) is 3.31. The number of urea groups is 1. The molecule has 10 heteroatoms. The zero-order valence-electron chi connectivity index (χ0n) is 12.8. The normalized spacial score (nSPS) is 21.1. The van der Waals surface area contributed by atoms with Gasteiger partial charge in [0.2, 0.25) is 5.82 Å². The summed E-state index contributed by atoms with van der Waals surface area (Å²) in [5.74, 6) is -0.243. The average molecular weight is 334 g/mol. The first-order valence-corrected chi connectivity index (χ1v) is 6.82. The lowest BCUT2D eigenvalue weighted by Crippen LogP contribution is -2.59. The van der Waals surface area contributed by atoms with E-state index in [1.807, 2.05) is 0 Å². The third-order valence-electron chi connectivity index (χ3n) is 3.31. The van der Waals surface area contributed by atoms with Gasteiger partial charge in [0.15, 0.2) is 6.10 Å². The third kappa shape index (κ3) is 4.01. The van der Waals surface area contributed by atoms with Gasteiger partial charge in [-0.3, -0.25) is 10.1 Å². The maximum Gasteiger partial charge on any atom is 0.416 e. The van der Waals surface area contributed by atoms with Gasteiger partial charge in [-0.2, -0.15) is 13.2 Å². The first kappa shape index (κ1) is 17.3. The Morgan fingerprint density at radius 1 is 1.48 bits per heavy atom. The first-order valence-electron chi connectivity index (χ1n) is 6.82. The second-order valence-corrected chi connectivity index (χ2v) is 5.91. The molecule has 1 unspecified atom stereocenters. The van der Waals surface area contributed by atoms with Crippen LogP contribution >= 0.6 is 0 Å². The van der Waals surface area contributed by atoms with Gasteiger partial charge >= 0.3 is 12.2 Å². The average Bonchev–Trinajstić information content (AvgIpc) is 2.41. The predicted octanol–water partition coefficient (Wildman–Crippen LogP) is 1.35. The fourth-order valence-electron chi connectivity index (χ4n) is 2.27. The summed E-state index contributed by atoms with van der Waals surface area (Å²) in [7, 11) is 1.47. The van der Waals surface area contributed by atoms with Crippen LogP contribution in [0.5, 0.6) is 0 Å². The van der Waals surface area contributed by atoms with Crippen molar-refractivity contribution in [2.75, 3.05) is 18.4 Å². The molecule has 1 aromatic rings. The van der Waals surface area contributed by atoms with E-state index in [1.165, 1.54) is 37.9 Å². The number of hydrogen-bond acceptors (Lipinski definition) is 4. The zero-order chi connectivity index (χ0) is 17.4. The number of rotatable bonds is 1. The van der Waals surface area contributed by atoms with Crippen LogP contribution in [0.15, 0.2) is 17.2 Å². The van der Waals surface area contributed by atoms with E-state index in [0.717, 1.165) is 4.90 Å². The minimum atomic E-state index is -4.59. The molecule has 0 saturated carbocycles. The second kappa shape index (κ2) is 5.84. The first-order chi connectivity index (χ1) is 10.5. The standard InChI is InChI=1S/C13H17F3N4O3/c1-12(2)7-20(6-8(23-12)13(14,15)16)11(22)18-9-10(21)19(3)5-4-17-9/h4-5,8H,6-7H2,1-3H3,(H,17,18,22). The number of carbonyl (C=O) groups is 1. The van der Waals surface area contributed by atoms with Gasteiger partial charge in [0.1, 0.15) is 0 Å². The molecular formula is C13H17F3N4O3. The summed E-state index contributed by atoms with van der Waals surface area (Å²) >= 11 is 0. The van der Waals surface area contributed by atoms with E-state index in [-0.39, 0.29) is 12.4 Å². The highest BCUT2D eigenvalue weighted by molar-refractivity contribution is 5.88. The van der Waals surface area contributed by atoms with Crippen molar-refractivity contribution in [1.29, 1.82) is 0 Å². The molecule has 2 amide bonds. The van der Waals surface area contributed by atoms with Crippen molar-refractivity contribution in [3.63, 3.8) is 0 Å². The summed E-state index contributed by atoms with van der Waals surface area (Å²) in [6.07, 6.45) is -3.96. The molecule has 1 fully saturated rings. The van der Waals surface area contributed by atoms with Gasteiger partial charge in [-0.1, -0.05) is 0 Å². The van der Waals surface area contributed by atoms with Crippen LogP contribution in [-0.4, -0.2) is 51.5 Å². The highest BCUT2D eigenvalue weighted by Gasteiger charge is 2.49. The lowest BCUT2D eigenvalue weighted by molar-refractivity contribution is -0.267. The summed E-state index contributed by atoms with van der Waals surface area (Å²) in [5, 5.41) is 2.25. The number of morpholine rings is 1. The Bertz CT molecular complexity index is 657. The lowest BCUT2D eigenvalue weighted by atomic mass is 10.1. The molecule has 1 aliphatic rings. The molecule has 2 rings (SSSR count). The number of anilines is 1. The molecule has 1 atom stereocenters. The van der Waals surface area contributed by atoms with Crippen LogP contribution < -0.4 is 10.9 Å². The number of aromatic nitrogens is 2. The molecule has 1 saturated heterocycles. The van der Waals surface area contributed by atoms with Crippen molar-refractivity contribution in [3.8, 4) is 0 Å². The number of halogens is 3. The van der Waals surface area contributed by atoms with E-state index >= 15 is 0 Å². The van der Waals surface area contributed by atoms with Crippen LogP contribution in [0.4, 0.5) is 23.8 Å². The molecule has 0 aliphatic carbocycles. The highest BCUT2D eigenvalue weighted by atomic mass is 19.4. The van der Waals surface area contributed by atoms with Crippen LogP contribution in [0.25, 0.3) is 0 Å². The molecule has 0 bridgehead atoms. The van der Waals surface area contributed by atoms with Gasteiger partial charge in [-0.05, 0) is 13.8 Å². The summed E-state index contributed by atoms with van der Waals surface area (Å²) < 4.78 is 44.9. The molecule has 128 valence electrons. The summed E-state index contributed by atoms with van der Waals surface area (Å²) in [4.78, 5) is 28.7. The van der Waals surface area contributed by atoms with E-state index < -0.39 is 36.0 Å². The van der Waals surface area contributed by atoms with Crippen LogP contribution in [-0.2, 0) is 11.8 Å². The molecule has 1 aromatic heterocycles. The fourth-order valence-corrected chi connectivity index (χ4v) is 2.27. The Morgan fingerprint density at radius 3 is 2.74 bits per heavy atom. The van der Waals surface area contributed by atoms with Crippen molar-refractivity contribution >= 4 is 11.8 Å². The molecule has 0 radical (unpaired) electrons. The maximum absolute atomic E-state index is 12.9. The van der Waals surface area contributed by atoms with Gasteiger partial charge in [0, 0.05) is 19.4 Å². The Kier molecular flexibility index (Phi) is 4.38. The topological polar surface area (TPSA) is 76.5 Å². The molecule has 0 aromatic carbocycles. The quantitative estimate of drug-likeness (QED) is 0.841. The van der Waals surface area contributed by atoms with Crippen LogP contribution in [0, 0.1) is 0 Å². The number of carbonyl (C=O) groups excluding carboxylic acids is 1.